The average Bonchev–Trinajstić information content (AvgIpc) is 2.76. The molecule has 0 spiro atoms. The standard InChI is InChI=1S/C22H20N6O/c1-15-13-22(24-14-23-15)26-18-7-5-17(6-8-18)25-21-12-11-20(27-28-21)16-3-9-19(29-2)10-4-16/h3-14H,1-2H3,(H,25,28)(H,23,24,26). The molecule has 144 valence electrons. The Balaban J connectivity index is 1.41. The van der Waals surface area contributed by atoms with Crippen molar-refractivity contribution in [3.05, 3.63) is 78.8 Å². The zero-order chi connectivity index (χ0) is 20.1. The maximum absolute atomic E-state index is 5.18. The van der Waals surface area contributed by atoms with Gasteiger partial charge < -0.3 is 15.4 Å². The minimum Gasteiger partial charge on any atom is -0.497 e. The summed E-state index contributed by atoms with van der Waals surface area (Å²) in [6.07, 6.45) is 1.54. The van der Waals surface area contributed by atoms with E-state index in [0.717, 1.165) is 39.9 Å². The molecule has 0 aliphatic carbocycles. The van der Waals surface area contributed by atoms with Crippen LogP contribution in [0, 0.1) is 6.92 Å². The first-order chi connectivity index (χ1) is 14.2. The number of nitrogens with one attached hydrogen (secondary N) is 2. The summed E-state index contributed by atoms with van der Waals surface area (Å²) in [5, 5.41) is 15.1. The Morgan fingerprint density at radius 3 is 2.00 bits per heavy atom. The molecule has 2 aromatic heterocycles. The topological polar surface area (TPSA) is 84.9 Å². The number of ether oxygens (including phenoxy) is 1. The number of anilines is 4. The number of benzene rings is 2. The summed E-state index contributed by atoms with van der Waals surface area (Å²) in [4.78, 5) is 8.30. The number of hydrogen-bond acceptors (Lipinski definition) is 7. The zero-order valence-corrected chi connectivity index (χ0v) is 16.1. The molecule has 4 aromatic rings. The first-order valence-corrected chi connectivity index (χ1v) is 9.10. The minimum absolute atomic E-state index is 0.675. The number of aryl methyl sites for hydroxylation is 1. The first kappa shape index (κ1) is 18.4. The van der Waals surface area contributed by atoms with E-state index in [1.807, 2.05) is 73.7 Å². The van der Waals surface area contributed by atoms with Crippen molar-refractivity contribution in [2.45, 2.75) is 6.92 Å². The van der Waals surface area contributed by atoms with E-state index in [1.54, 1.807) is 13.4 Å². The molecule has 0 amide bonds. The maximum Gasteiger partial charge on any atom is 0.153 e. The van der Waals surface area contributed by atoms with Crippen molar-refractivity contribution in [1.82, 2.24) is 20.2 Å². The van der Waals surface area contributed by atoms with Gasteiger partial charge in [-0.1, -0.05) is 0 Å². The second-order valence-electron chi connectivity index (χ2n) is 6.40. The molecular weight excluding hydrogens is 364 g/mol. The Hall–Kier alpha value is -4.00. The van der Waals surface area contributed by atoms with Crippen LogP contribution in [0.1, 0.15) is 5.69 Å². The molecule has 0 saturated carbocycles. The van der Waals surface area contributed by atoms with Gasteiger partial charge in [0.2, 0.25) is 0 Å². The number of methoxy groups -OCH3 is 1. The SMILES string of the molecule is COc1ccc(-c2ccc(Nc3ccc(Nc4cc(C)ncn4)cc3)nn2)cc1. The summed E-state index contributed by atoms with van der Waals surface area (Å²) in [6, 6.07) is 21.3. The fourth-order valence-corrected chi connectivity index (χ4v) is 2.77. The zero-order valence-electron chi connectivity index (χ0n) is 16.1. The van der Waals surface area contributed by atoms with E-state index in [2.05, 4.69) is 30.8 Å². The van der Waals surface area contributed by atoms with Crippen molar-refractivity contribution in [2.75, 3.05) is 17.7 Å². The Morgan fingerprint density at radius 1 is 0.724 bits per heavy atom. The van der Waals surface area contributed by atoms with E-state index in [9.17, 15) is 0 Å². The smallest absolute Gasteiger partial charge is 0.153 e. The summed E-state index contributed by atoms with van der Waals surface area (Å²) in [6.45, 7) is 1.93. The molecule has 4 rings (SSSR count). The highest BCUT2D eigenvalue weighted by Crippen LogP contribution is 2.23. The molecular formula is C22H20N6O. The Labute approximate surface area is 168 Å². The summed E-state index contributed by atoms with van der Waals surface area (Å²) in [7, 11) is 1.65. The second-order valence-corrected chi connectivity index (χ2v) is 6.40. The molecule has 0 atom stereocenters. The third-order valence-electron chi connectivity index (χ3n) is 4.28. The lowest BCUT2D eigenvalue weighted by molar-refractivity contribution is 0.415. The minimum atomic E-state index is 0.675. The molecule has 0 unspecified atom stereocenters. The van der Waals surface area contributed by atoms with Crippen LogP contribution in [0.25, 0.3) is 11.3 Å². The van der Waals surface area contributed by atoms with E-state index >= 15 is 0 Å². The highest BCUT2D eigenvalue weighted by molar-refractivity contribution is 5.65. The molecule has 0 radical (unpaired) electrons. The van der Waals surface area contributed by atoms with E-state index < -0.39 is 0 Å². The number of hydrogen-bond donors (Lipinski definition) is 2. The number of rotatable bonds is 6. The van der Waals surface area contributed by atoms with Crippen LogP contribution in [-0.2, 0) is 0 Å². The second kappa shape index (κ2) is 8.35. The highest BCUT2D eigenvalue weighted by atomic mass is 16.5. The first-order valence-electron chi connectivity index (χ1n) is 9.10. The molecule has 29 heavy (non-hydrogen) atoms. The Kier molecular flexibility index (Phi) is 5.29. The van der Waals surface area contributed by atoms with Gasteiger partial charge >= 0.3 is 0 Å². The predicted molar refractivity (Wildman–Crippen MR) is 114 cm³/mol. The lowest BCUT2D eigenvalue weighted by Gasteiger charge is -2.09. The van der Waals surface area contributed by atoms with Crippen molar-refractivity contribution >= 4 is 23.0 Å². The molecule has 0 aliphatic rings. The van der Waals surface area contributed by atoms with Crippen LogP contribution >= 0.6 is 0 Å². The molecule has 0 fully saturated rings. The van der Waals surface area contributed by atoms with Crippen molar-refractivity contribution in [3.8, 4) is 17.0 Å². The normalized spacial score (nSPS) is 10.4. The summed E-state index contributed by atoms with van der Waals surface area (Å²) in [5.41, 5.74) is 4.56. The van der Waals surface area contributed by atoms with Gasteiger partial charge in [0, 0.05) is 28.7 Å². The monoisotopic (exact) mass is 384 g/mol. The molecule has 7 nitrogen and oxygen atoms in total. The summed E-state index contributed by atoms with van der Waals surface area (Å²) < 4.78 is 5.18. The Bertz CT molecular complexity index is 1080. The van der Waals surface area contributed by atoms with Crippen molar-refractivity contribution in [3.63, 3.8) is 0 Å². The van der Waals surface area contributed by atoms with E-state index in [1.165, 1.54) is 0 Å². The number of nitrogens with zero attached hydrogens (tertiary/aromatic N) is 4. The van der Waals surface area contributed by atoms with Crippen molar-refractivity contribution < 1.29 is 4.74 Å². The van der Waals surface area contributed by atoms with Gasteiger partial charge in [0.1, 0.15) is 17.9 Å². The van der Waals surface area contributed by atoms with Gasteiger partial charge in [-0.2, -0.15) is 0 Å². The van der Waals surface area contributed by atoms with Crippen molar-refractivity contribution in [2.24, 2.45) is 0 Å². The molecule has 2 aromatic carbocycles. The predicted octanol–water partition coefficient (Wildman–Crippen LogP) is 4.74. The van der Waals surface area contributed by atoms with E-state index in [0.29, 0.717) is 5.82 Å². The lowest BCUT2D eigenvalue weighted by Crippen LogP contribution is -1.98. The van der Waals surface area contributed by atoms with E-state index in [-0.39, 0.29) is 0 Å². The van der Waals surface area contributed by atoms with Crippen LogP contribution < -0.4 is 15.4 Å². The van der Waals surface area contributed by atoms with Crippen LogP contribution in [0.3, 0.4) is 0 Å². The van der Waals surface area contributed by atoms with Gasteiger partial charge in [0.05, 0.1) is 12.8 Å². The highest BCUT2D eigenvalue weighted by Gasteiger charge is 2.03. The Morgan fingerprint density at radius 2 is 1.41 bits per heavy atom. The van der Waals surface area contributed by atoms with Crippen molar-refractivity contribution in [1.29, 1.82) is 0 Å². The van der Waals surface area contributed by atoms with Gasteiger partial charge in [0.15, 0.2) is 5.82 Å². The molecule has 2 heterocycles. The van der Waals surface area contributed by atoms with Gasteiger partial charge in [-0.25, -0.2) is 9.97 Å². The van der Waals surface area contributed by atoms with Crippen LogP contribution in [0.4, 0.5) is 23.0 Å². The van der Waals surface area contributed by atoms with Gasteiger partial charge in [-0.15, -0.1) is 10.2 Å². The van der Waals surface area contributed by atoms with Crippen LogP contribution in [0.2, 0.25) is 0 Å². The lowest BCUT2D eigenvalue weighted by atomic mass is 10.1. The maximum atomic E-state index is 5.18. The van der Waals surface area contributed by atoms with E-state index in [4.69, 9.17) is 4.74 Å². The third kappa shape index (κ3) is 4.65. The van der Waals surface area contributed by atoms with Crippen LogP contribution in [-0.4, -0.2) is 27.3 Å². The molecule has 7 heteroatoms. The van der Waals surface area contributed by atoms with Gasteiger partial charge in [-0.05, 0) is 67.6 Å². The largest absolute Gasteiger partial charge is 0.497 e. The summed E-state index contributed by atoms with van der Waals surface area (Å²) in [5.74, 6) is 2.25. The molecule has 0 bridgehead atoms. The number of aromatic nitrogens is 4. The summed E-state index contributed by atoms with van der Waals surface area (Å²) >= 11 is 0. The van der Waals surface area contributed by atoms with Crippen LogP contribution in [0.5, 0.6) is 5.75 Å². The molecule has 2 N–H and O–H groups in total. The quantitative estimate of drug-likeness (QED) is 0.497. The molecule has 0 aliphatic heterocycles. The third-order valence-corrected chi connectivity index (χ3v) is 4.28. The average molecular weight is 384 g/mol. The van der Waals surface area contributed by atoms with Gasteiger partial charge in [0.25, 0.3) is 0 Å². The fraction of sp³-hybridized carbons (Fsp3) is 0.0909. The van der Waals surface area contributed by atoms with Crippen LogP contribution in [0.15, 0.2) is 73.1 Å². The molecule has 0 saturated heterocycles. The fourth-order valence-electron chi connectivity index (χ4n) is 2.77. The van der Waals surface area contributed by atoms with Gasteiger partial charge in [-0.3, -0.25) is 0 Å².